The highest BCUT2D eigenvalue weighted by Crippen LogP contribution is 2.32. The minimum atomic E-state index is -0.731. The van der Waals surface area contributed by atoms with Gasteiger partial charge in [0.25, 0.3) is 0 Å². The van der Waals surface area contributed by atoms with Crippen LogP contribution in [0, 0.1) is 0 Å². The van der Waals surface area contributed by atoms with Gasteiger partial charge < -0.3 is 28.4 Å². The van der Waals surface area contributed by atoms with Crippen molar-refractivity contribution in [2.24, 2.45) is 0 Å². The second-order valence-corrected chi connectivity index (χ2v) is 3.85. The van der Waals surface area contributed by atoms with Gasteiger partial charge in [0.2, 0.25) is 0 Å². The molecule has 2 aliphatic rings. The van der Waals surface area contributed by atoms with Gasteiger partial charge >= 0.3 is 6.16 Å². The van der Waals surface area contributed by atoms with Crippen molar-refractivity contribution in [1.29, 1.82) is 0 Å². The Morgan fingerprint density at radius 2 is 1.82 bits per heavy atom. The molecule has 17 heavy (non-hydrogen) atoms. The standard InChI is InChI=1S/C10H16O7/c1-12-4-5-6(13-2)7-8(9(14-3)15-5)17-10(11)16-7/h5-9H,4H2,1-3H3/t5-,6-,7+,8-,9-/m1/s1. The molecule has 0 aromatic rings. The van der Waals surface area contributed by atoms with E-state index < -0.39 is 30.8 Å². The molecule has 0 aromatic carbocycles. The van der Waals surface area contributed by atoms with Gasteiger partial charge in [0.15, 0.2) is 18.5 Å². The van der Waals surface area contributed by atoms with E-state index in [4.69, 9.17) is 28.4 Å². The van der Waals surface area contributed by atoms with Crippen LogP contribution in [-0.4, -0.2) is 64.8 Å². The van der Waals surface area contributed by atoms with Crippen LogP contribution in [0.15, 0.2) is 0 Å². The van der Waals surface area contributed by atoms with E-state index in [1.54, 1.807) is 7.11 Å². The molecule has 0 aliphatic carbocycles. The molecule has 5 atom stereocenters. The summed E-state index contributed by atoms with van der Waals surface area (Å²) in [6, 6.07) is 0. The molecule has 2 aliphatic heterocycles. The molecule has 2 heterocycles. The van der Waals surface area contributed by atoms with Gasteiger partial charge in [0.05, 0.1) is 6.61 Å². The summed E-state index contributed by atoms with van der Waals surface area (Å²) in [5.74, 6) is 0. The summed E-state index contributed by atoms with van der Waals surface area (Å²) in [7, 11) is 4.55. The molecule has 0 N–H and O–H groups in total. The van der Waals surface area contributed by atoms with Gasteiger partial charge in [0, 0.05) is 21.3 Å². The SMILES string of the molecule is COC[C@H]1O[C@@H](OC)[C@@H]2OC(=O)O[C@H]2[C@@H]1OC. The average Bonchev–Trinajstić information content (AvgIpc) is 2.69. The molecule has 0 aromatic heterocycles. The van der Waals surface area contributed by atoms with Crippen molar-refractivity contribution < 1.29 is 33.2 Å². The van der Waals surface area contributed by atoms with E-state index >= 15 is 0 Å². The Balaban J connectivity index is 2.16. The Morgan fingerprint density at radius 3 is 2.41 bits per heavy atom. The Kier molecular flexibility index (Phi) is 3.82. The van der Waals surface area contributed by atoms with Crippen molar-refractivity contribution in [2.75, 3.05) is 27.9 Å². The Hall–Kier alpha value is -0.890. The fourth-order valence-corrected chi connectivity index (χ4v) is 2.16. The molecule has 2 saturated heterocycles. The van der Waals surface area contributed by atoms with E-state index in [0.717, 1.165) is 0 Å². The predicted octanol–water partition coefficient (Wildman–Crippen LogP) is -0.0769. The molecule has 7 heteroatoms. The number of rotatable bonds is 4. The zero-order valence-corrected chi connectivity index (χ0v) is 9.95. The highest BCUT2D eigenvalue weighted by molar-refractivity contribution is 5.62. The second-order valence-electron chi connectivity index (χ2n) is 3.85. The molecule has 2 rings (SSSR count). The number of ether oxygens (including phenoxy) is 6. The van der Waals surface area contributed by atoms with E-state index in [2.05, 4.69) is 0 Å². The molecule has 0 saturated carbocycles. The highest BCUT2D eigenvalue weighted by Gasteiger charge is 2.54. The summed E-state index contributed by atoms with van der Waals surface area (Å²) in [4.78, 5) is 11.2. The van der Waals surface area contributed by atoms with Crippen LogP contribution < -0.4 is 0 Å². The van der Waals surface area contributed by atoms with Gasteiger partial charge in [-0.2, -0.15) is 0 Å². The Morgan fingerprint density at radius 1 is 1.12 bits per heavy atom. The largest absolute Gasteiger partial charge is 0.509 e. The number of carbonyl (C=O) groups excluding carboxylic acids is 1. The maximum atomic E-state index is 11.2. The third-order valence-electron chi connectivity index (χ3n) is 2.89. The van der Waals surface area contributed by atoms with Crippen LogP contribution in [0.5, 0.6) is 0 Å². The van der Waals surface area contributed by atoms with Crippen molar-refractivity contribution in [2.45, 2.75) is 30.7 Å². The van der Waals surface area contributed by atoms with Gasteiger partial charge in [-0.1, -0.05) is 0 Å². The van der Waals surface area contributed by atoms with E-state index in [9.17, 15) is 4.79 Å². The van der Waals surface area contributed by atoms with Gasteiger partial charge in [-0.25, -0.2) is 4.79 Å². The molecule has 0 amide bonds. The quantitative estimate of drug-likeness (QED) is 0.644. The van der Waals surface area contributed by atoms with E-state index in [1.165, 1.54) is 14.2 Å². The lowest BCUT2D eigenvalue weighted by Crippen LogP contribution is -2.58. The number of hydrogen-bond donors (Lipinski definition) is 0. The van der Waals surface area contributed by atoms with Crippen molar-refractivity contribution in [1.82, 2.24) is 0 Å². The van der Waals surface area contributed by atoms with Gasteiger partial charge in [0.1, 0.15) is 12.2 Å². The summed E-state index contributed by atoms with van der Waals surface area (Å²) in [6.45, 7) is 0.319. The summed E-state index contributed by atoms with van der Waals surface area (Å²) < 4.78 is 31.1. The molecule has 0 spiro atoms. The van der Waals surface area contributed by atoms with Crippen LogP contribution >= 0.6 is 0 Å². The molecular weight excluding hydrogens is 232 g/mol. The summed E-state index contributed by atoms with van der Waals surface area (Å²) >= 11 is 0. The first-order chi connectivity index (χ1) is 8.21. The van der Waals surface area contributed by atoms with Crippen LogP contribution in [0.3, 0.4) is 0 Å². The molecule has 0 unspecified atom stereocenters. The summed E-state index contributed by atoms with van der Waals surface area (Å²) in [6.07, 6.45) is -3.34. The zero-order chi connectivity index (χ0) is 12.4. The maximum absolute atomic E-state index is 11.2. The van der Waals surface area contributed by atoms with E-state index in [-0.39, 0.29) is 6.10 Å². The third kappa shape index (κ3) is 2.23. The minimum Gasteiger partial charge on any atom is -0.424 e. The smallest absolute Gasteiger partial charge is 0.424 e. The summed E-state index contributed by atoms with van der Waals surface area (Å²) in [5.41, 5.74) is 0. The normalized spacial score (nSPS) is 40.6. The molecule has 0 radical (unpaired) electrons. The molecule has 0 bridgehead atoms. The van der Waals surface area contributed by atoms with Gasteiger partial charge in [-0.3, -0.25) is 0 Å². The lowest BCUT2D eigenvalue weighted by Gasteiger charge is -2.39. The first-order valence-electron chi connectivity index (χ1n) is 5.28. The fourth-order valence-electron chi connectivity index (χ4n) is 2.16. The number of carbonyl (C=O) groups is 1. The van der Waals surface area contributed by atoms with E-state index in [1.807, 2.05) is 0 Å². The predicted molar refractivity (Wildman–Crippen MR) is 53.5 cm³/mol. The van der Waals surface area contributed by atoms with Crippen LogP contribution in [0.4, 0.5) is 4.79 Å². The van der Waals surface area contributed by atoms with Gasteiger partial charge in [-0.15, -0.1) is 0 Å². The lowest BCUT2D eigenvalue weighted by atomic mass is 9.99. The minimum absolute atomic E-state index is 0.319. The van der Waals surface area contributed by atoms with Crippen molar-refractivity contribution in [3.8, 4) is 0 Å². The average molecular weight is 248 g/mol. The molecule has 7 nitrogen and oxygen atoms in total. The van der Waals surface area contributed by atoms with Crippen LogP contribution in [0.1, 0.15) is 0 Å². The Bertz CT molecular complexity index is 282. The number of fused-ring (bicyclic) bond motifs is 1. The van der Waals surface area contributed by atoms with Gasteiger partial charge in [-0.05, 0) is 0 Å². The number of hydrogen-bond acceptors (Lipinski definition) is 7. The third-order valence-corrected chi connectivity index (χ3v) is 2.89. The van der Waals surface area contributed by atoms with Crippen molar-refractivity contribution in [3.63, 3.8) is 0 Å². The van der Waals surface area contributed by atoms with Crippen molar-refractivity contribution >= 4 is 6.16 Å². The maximum Gasteiger partial charge on any atom is 0.509 e. The zero-order valence-electron chi connectivity index (χ0n) is 9.95. The molecule has 98 valence electrons. The monoisotopic (exact) mass is 248 g/mol. The van der Waals surface area contributed by atoms with Crippen LogP contribution in [-0.2, 0) is 28.4 Å². The summed E-state index contributed by atoms with van der Waals surface area (Å²) in [5, 5.41) is 0. The fraction of sp³-hybridized carbons (Fsp3) is 0.900. The highest BCUT2D eigenvalue weighted by atomic mass is 16.8. The van der Waals surface area contributed by atoms with E-state index in [0.29, 0.717) is 6.61 Å². The van der Waals surface area contributed by atoms with Crippen molar-refractivity contribution in [3.05, 3.63) is 0 Å². The Labute approximate surface area is 98.9 Å². The first kappa shape index (κ1) is 12.6. The van der Waals surface area contributed by atoms with Crippen LogP contribution in [0.25, 0.3) is 0 Å². The van der Waals surface area contributed by atoms with Crippen LogP contribution in [0.2, 0.25) is 0 Å². The molecule has 2 fully saturated rings. The molecular formula is C10H16O7. The second kappa shape index (κ2) is 5.18. The number of methoxy groups -OCH3 is 3. The lowest BCUT2D eigenvalue weighted by molar-refractivity contribution is -0.275. The first-order valence-corrected chi connectivity index (χ1v) is 5.28. The topological polar surface area (TPSA) is 72.5 Å².